The van der Waals surface area contributed by atoms with Gasteiger partial charge in [-0.25, -0.2) is 5.43 Å². The summed E-state index contributed by atoms with van der Waals surface area (Å²) in [6.07, 6.45) is 0. The third-order valence-corrected chi connectivity index (χ3v) is 0.595. The zero-order chi connectivity index (χ0) is 6.41. The Balaban J connectivity index is 3.07. The van der Waals surface area contributed by atoms with E-state index < -0.39 is 0 Å². The van der Waals surface area contributed by atoms with Crippen molar-refractivity contribution in [3.63, 3.8) is 0 Å². The Morgan fingerprint density at radius 2 is 2.25 bits per heavy atom. The van der Waals surface area contributed by atoms with Crippen LogP contribution in [0.3, 0.4) is 0 Å². The summed E-state index contributed by atoms with van der Waals surface area (Å²) in [6.45, 7) is 2.47. The maximum absolute atomic E-state index is 4.84. The second kappa shape index (κ2) is 4.99. The van der Waals surface area contributed by atoms with Gasteiger partial charge in [0.2, 0.25) is 0 Å². The first-order valence-electron chi connectivity index (χ1n) is 2.49. The lowest BCUT2D eigenvalue weighted by Crippen LogP contribution is -2.33. The normalized spacial score (nSPS) is 10.5. The Morgan fingerprint density at radius 1 is 1.62 bits per heavy atom. The molecule has 8 heavy (non-hydrogen) atoms. The quantitative estimate of drug-likeness (QED) is 0.527. The van der Waals surface area contributed by atoms with E-state index in [-0.39, 0.29) is 0 Å². The number of hydrazine groups is 1. The van der Waals surface area contributed by atoms with E-state index in [2.05, 4.69) is 10.3 Å². The lowest BCUT2D eigenvalue weighted by atomic mass is 10.9. The van der Waals surface area contributed by atoms with Crippen LogP contribution >= 0.6 is 0 Å². The topological polar surface area (TPSA) is 33.7 Å². The van der Waals surface area contributed by atoms with Crippen molar-refractivity contribution in [3.8, 4) is 0 Å². The Kier molecular flexibility index (Phi) is 4.89. The highest BCUT2D eigenvalue weighted by atomic mass is 17.0. The summed E-state index contributed by atoms with van der Waals surface area (Å²) in [7, 11) is 3.23. The SMILES string of the molecule is CCON(NC)OC. The van der Waals surface area contributed by atoms with Crippen molar-refractivity contribution in [1.29, 1.82) is 0 Å². The fourth-order valence-corrected chi connectivity index (χ4v) is 0.326. The molecule has 0 aliphatic carbocycles. The van der Waals surface area contributed by atoms with Gasteiger partial charge in [-0.3, -0.25) is 9.68 Å². The molecule has 0 fully saturated rings. The summed E-state index contributed by atoms with van der Waals surface area (Å²) in [5.74, 6) is 0. The van der Waals surface area contributed by atoms with Gasteiger partial charge in [0.25, 0.3) is 0 Å². The van der Waals surface area contributed by atoms with Crippen molar-refractivity contribution in [2.75, 3.05) is 20.8 Å². The molecule has 0 rings (SSSR count). The van der Waals surface area contributed by atoms with E-state index in [4.69, 9.17) is 4.84 Å². The van der Waals surface area contributed by atoms with Crippen LogP contribution in [0.2, 0.25) is 0 Å². The molecule has 0 aliphatic rings. The zero-order valence-corrected chi connectivity index (χ0v) is 5.47. The third kappa shape index (κ3) is 2.92. The number of hydrogen-bond donors (Lipinski definition) is 1. The van der Waals surface area contributed by atoms with Crippen LogP contribution in [-0.4, -0.2) is 26.1 Å². The predicted octanol–water partition coefficient (Wildman–Crippen LogP) is -0.0643. The van der Waals surface area contributed by atoms with Crippen molar-refractivity contribution in [2.45, 2.75) is 6.92 Å². The Hall–Kier alpha value is -0.160. The summed E-state index contributed by atoms with van der Waals surface area (Å²) >= 11 is 0. The van der Waals surface area contributed by atoms with E-state index >= 15 is 0 Å². The van der Waals surface area contributed by atoms with Gasteiger partial charge in [-0.2, -0.15) is 0 Å². The Labute approximate surface area is 49.2 Å². The van der Waals surface area contributed by atoms with Crippen LogP contribution in [0.25, 0.3) is 0 Å². The minimum absolute atomic E-state index is 0.592. The molecule has 4 nitrogen and oxygen atoms in total. The van der Waals surface area contributed by atoms with Gasteiger partial charge >= 0.3 is 0 Å². The molecular formula is C4H12N2O2. The Morgan fingerprint density at radius 3 is 2.38 bits per heavy atom. The van der Waals surface area contributed by atoms with Crippen LogP contribution in [0.5, 0.6) is 0 Å². The average Bonchev–Trinajstić information content (AvgIpc) is 1.83. The van der Waals surface area contributed by atoms with E-state index in [1.165, 1.54) is 12.4 Å². The first-order valence-corrected chi connectivity index (χ1v) is 2.49. The van der Waals surface area contributed by atoms with Crippen molar-refractivity contribution in [3.05, 3.63) is 0 Å². The van der Waals surface area contributed by atoms with Gasteiger partial charge in [0.05, 0.1) is 13.7 Å². The van der Waals surface area contributed by atoms with Crippen molar-refractivity contribution in [1.82, 2.24) is 10.8 Å². The Bertz CT molecular complexity index is 47.3. The van der Waals surface area contributed by atoms with Gasteiger partial charge in [-0.1, -0.05) is 0 Å². The first kappa shape index (κ1) is 7.84. The third-order valence-electron chi connectivity index (χ3n) is 0.595. The van der Waals surface area contributed by atoms with Gasteiger partial charge in [-0.15, -0.1) is 0 Å². The molecule has 0 spiro atoms. The molecule has 0 atom stereocenters. The minimum Gasteiger partial charge on any atom is -0.264 e. The van der Waals surface area contributed by atoms with Crippen molar-refractivity contribution >= 4 is 0 Å². The maximum atomic E-state index is 4.84. The molecule has 50 valence electrons. The van der Waals surface area contributed by atoms with Gasteiger partial charge in [0.1, 0.15) is 0 Å². The van der Waals surface area contributed by atoms with E-state index in [1.54, 1.807) is 7.05 Å². The summed E-state index contributed by atoms with van der Waals surface area (Å²) in [6, 6.07) is 0. The highest BCUT2D eigenvalue weighted by Crippen LogP contribution is 1.80. The fraction of sp³-hybridized carbons (Fsp3) is 1.00. The summed E-state index contributed by atoms with van der Waals surface area (Å²) < 4.78 is 0. The molecule has 0 aromatic heterocycles. The lowest BCUT2D eigenvalue weighted by molar-refractivity contribution is -0.381. The van der Waals surface area contributed by atoms with Gasteiger partial charge in [-0.05, 0) is 6.92 Å². The molecule has 0 unspecified atom stereocenters. The van der Waals surface area contributed by atoms with Crippen LogP contribution in [0, 0.1) is 0 Å². The molecule has 0 radical (unpaired) electrons. The van der Waals surface area contributed by atoms with E-state index in [1.807, 2.05) is 6.92 Å². The van der Waals surface area contributed by atoms with Gasteiger partial charge in [0.15, 0.2) is 0 Å². The molecule has 0 aromatic carbocycles. The highest BCUT2D eigenvalue weighted by Gasteiger charge is 1.93. The number of nitrogens with one attached hydrogen (secondary N) is 1. The smallest absolute Gasteiger partial charge is 0.0698 e. The van der Waals surface area contributed by atoms with Crippen LogP contribution in [0.4, 0.5) is 0 Å². The molecule has 0 aliphatic heterocycles. The molecule has 0 bridgehead atoms. The number of nitrogens with zero attached hydrogens (tertiary/aromatic N) is 1. The van der Waals surface area contributed by atoms with Crippen LogP contribution in [0.1, 0.15) is 6.92 Å². The molecule has 1 N–H and O–H groups in total. The molecule has 4 heteroatoms. The second-order valence-corrected chi connectivity index (χ2v) is 1.08. The van der Waals surface area contributed by atoms with Gasteiger partial charge in [0, 0.05) is 12.4 Å². The largest absolute Gasteiger partial charge is 0.264 e. The van der Waals surface area contributed by atoms with Crippen LogP contribution in [-0.2, 0) is 9.68 Å². The highest BCUT2D eigenvalue weighted by molar-refractivity contribution is 4.03. The van der Waals surface area contributed by atoms with Crippen molar-refractivity contribution < 1.29 is 9.68 Å². The van der Waals surface area contributed by atoms with Crippen LogP contribution < -0.4 is 5.43 Å². The zero-order valence-electron chi connectivity index (χ0n) is 5.47. The van der Waals surface area contributed by atoms with Gasteiger partial charge < -0.3 is 0 Å². The van der Waals surface area contributed by atoms with Crippen molar-refractivity contribution in [2.24, 2.45) is 0 Å². The second-order valence-electron chi connectivity index (χ2n) is 1.08. The molecular weight excluding hydrogens is 108 g/mol. The average molecular weight is 120 g/mol. The minimum atomic E-state index is 0.592. The van der Waals surface area contributed by atoms with E-state index in [9.17, 15) is 0 Å². The standard InChI is InChI=1S/C4H12N2O2/c1-4-8-6(5-2)7-3/h5H,4H2,1-3H3. The molecule has 0 heterocycles. The van der Waals surface area contributed by atoms with E-state index in [0.29, 0.717) is 6.61 Å². The van der Waals surface area contributed by atoms with Crippen LogP contribution in [0.15, 0.2) is 0 Å². The molecule has 0 aromatic rings. The predicted molar refractivity (Wildman–Crippen MR) is 29.5 cm³/mol. The number of rotatable bonds is 4. The number of hydrogen-bond acceptors (Lipinski definition) is 4. The summed E-state index contributed by atoms with van der Waals surface area (Å²) in [5, 5.41) is 1.18. The first-order chi connectivity index (χ1) is 3.85. The summed E-state index contributed by atoms with van der Waals surface area (Å²) in [5.41, 5.74) is 2.64. The molecule has 0 saturated carbocycles. The molecule has 0 saturated heterocycles. The molecule has 0 amide bonds. The summed E-state index contributed by atoms with van der Waals surface area (Å²) in [4.78, 5) is 9.48. The monoisotopic (exact) mass is 120 g/mol. The maximum Gasteiger partial charge on any atom is 0.0698 e. The fourth-order valence-electron chi connectivity index (χ4n) is 0.326. The lowest BCUT2D eigenvalue weighted by Gasteiger charge is -2.14. The van der Waals surface area contributed by atoms with E-state index in [0.717, 1.165) is 0 Å².